The molecule has 0 radical (unpaired) electrons. The summed E-state index contributed by atoms with van der Waals surface area (Å²) in [6.45, 7) is 4.55. The second-order valence-electron chi connectivity index (χ2n) is 5.11. The van der Waals surface area contributed by atoms with E-state index in [2.05, 4.69) is 35.2 Å². The van der Waals surface area contributed by atoms with Crippen molar-refractivity contribution >= 4 is 0 Å². The lowest BCUT2D eigenvalue weighted by molar-refractivity contribution is 0.284. The van der Waals surface area contributed by atoms with Gasteiger partial charge in [-0.25, -0.2) is 0 Å². The summed E-state index contributed by atoms with van der Waals surface area (Å²) in [6, 6.07) is 10.8. The molecule has 2 N–H and O–H groups in total. The molecule has 2 nitrogen and oxygen atoms in total. The van der Waals surface area contributed by atoms with Gasteiger partial charge in [-0.15, -0.1) is 0 Å². The zero-order valence-electron chi connectivity index (χ0n) is 10.6. The Morgan fingerprint density at radius 3 is 2.71 bits per heavy atom. The first-order chi connectivity index (χ1) is 8.38. The Morgan fingerprint density at radius 1 is 1.12 bits per heavy atom. The molecule has 0 aromatic heterocycles. The molecule has 1 unspecified atom stereocenters. The second-order valence-corrected chi connectivity index (χ2v) is 5.11. The van der Waals surface area contributed by atoms with Crippen LogP contribution in [-0.2, 0) is 6.42 Å². The van der Waals surface area contributed by atoms with Crippen molar-refractivity contribution in [1.29, 1.82) is 0 Å². The van der Waals surface area contributed by atoms with Gasteiger partial charge in [0.1, 0.15) is 0 Å². The quantitative estimate of drug-likeness (QED) is 0.863. The minimum absolute atomic E-state index is 0.761. The first kappa shape index (κ1) is 12.6. The summed E-state index contributed by atoms with van der Waals surface area (Å²) in [6.07, 6.45) is 5.09. The number of rotatable bonds is 4. The van der Waals surface area contributed by atoms with Crippen LogP contribution in [0.4, 0.5) is 0 Å². The Morgan fingerprint density at radius 2 is 1.94 bits per heavy atom. The maximum Gasteiger partial charge on any atom is 0.00218 e. The van der Waals surface area contributed by atoms with E-state index in [0.29, 0.717) is 0 Å². The molecule has 0 spiro atoms. The highest BCUT2D eigenvalue weighted by Crippen LogP contribution is 2.16. The lowest BCUT2D eigenvalue weighted by Crippen LogP contribution is -2.27. The van der Waals surface area contributed by atoms with Crippen LogP contribution in [0, 0.1) is 5.92 Å². The summed E-state index contributed by atoms with van der Waals surface area (Å²) in [4.78, 5) is 2.60. The summed E-state index contributed by atoms with van der Waals surface area (Å²) < 4.78 is 0. The maximum atomic E-state index is 5.76. The number of hydrogen-bond acceptors (Lipinski definition) is 2. The SMILES string of the molecule is NCC1CCCN(CCc2ccccc2)CC1. The third-order valence-electron chi connectivity index (χ3n) is 3.83. The minimum Gasteiger partial charge on any atom is -0.330 e. The molecule has 1 aromatic carbocycles. The summed E-state index contributed by atoms with van der Waals surface area (Å²) in [5.41, 5.74) is 7.22. The summed E-state index contributed by atoms with van der Waals surface area (Å²) >= 11 is 0. The van der Waals surface area contributed by atoms with Crippen LogP contribution in [0.5, 0.6) is 0 Å². The minimum atomic E-state index is 0.761. The average molecular weight is 232 g/mol. The van der Waals surface area contributed by atoms with Gasteiger partial charge in [0, 0.05) is 6.54 Å². The van der Waals surface area contributed by atoms with Crippen LogP contribution < -0.4 is 5.73 Å². The zero-order chi connectivity index (χ0) is 11.9. The topological polar surface area (TPSA) is 29.3 Å². The van der Waals surface area contributed by atoms with Crippen LogP contribution in [0.2, 0.25) is 0 Å². The van der Waals surface area contributed by atoms with Gasteiger partial charge in [0.2, 0.25) is 0 Å². The number of nitrogens with zero attached hydrogens (tertiary/aromatic N) is 1. The molecule has 1 atom stereocenters. The highest BCUT2D eigenvalue weighted by Gasteiger charge is 2.15. The van der Waals surface area contributed by atoms with E-state index in [1.807, 2.05) is 0 Å². The molecule has 2 heteroatoms. The third-order valence-corrected chi connectivity index (χ3v) is 3.83. The molecule has 94 valence electrons. The van der Waals surface area contributed by atoms with Crippen molar-refractivity contribution in [2.24, 2.45) is 11.7 Å². The Balaban J connectivity index is 1.76. The van der Waals surface area contributed by atoms with E-state index in [4.69, 9.17) is 5.73 Å². The summed E-state index contributed by atoms with van der Waals surface area (Å²) in [5, 5.41) is 0. The monoisotopic (exact) mass is 232 g/mol. The second kappa shape index (κ2) is 6.77. The van der Waals surface area contributed by atoms with Gasteiger partial charge in [-0.2, -0.15) is 0 Å². The van der Waals surface area contributed by atoms with Crippen LogP contribution in [0.25, 0.3) is 0 Å². The van der Waals surface area contributed by atoms with Crippen LogP contribution in [0.3, 0.4) is 0 Å². The van der Waals surface area contributed by atoms with E-state index < -0.39 is 0 Å². The highest BCUT2D eigenvalue weighted by molar-refractivity contribution is 5.14. The fourth-order valence-corrected chi connectivity index (χ4v) is 2.62. The normalized spacial score (nSPS) is 22.3. The molecule has 0 aliphatic carbocycles. The van der Waals surface area contributed by atoms with Crippen LogP contribution in [0.15, 0.2) is 30.3 Å². The third kappa shape index (κ3) is 4.14. The van der Waals surface area contributed by atoms with Crippen molar-refractivity contribution in [2.75, 3.05) is 26.2 Å². The predicted molar refractivity (Wildman–Crippen MR) is 73.0 cm³/mol. The fraction of sp³-hybridized carbons (Fsp3) is 0.600. The first-order valence-corrected chi connectivity index (χ1v) is 6.85. The molecular formula is C15H24N2. The predicted octanol–water partition coefficient (Wildman–Crippen LogP) is 2.29. The molecule has 0 saturated carbocycles. The molecule has 1 fully saturated rings. The van der Waals surface area contributed by atoms with Gasteiger partial charge in [-0.05, 0) is 56.8 Å². The molecule has 1 aliphatic heterocycles. The lowest BCUT2D eigenvalue weighted by Gasteiger charge is -2.19. The number of nitrogens with two attached hydrogens (primary N) is 1. The van der Waals surface area contributed by atoms with Crippen molar-refractivity contribution in [1.82, 2.24) is 4.90 Å². The van der Waals surface area contributed by atoms with Gasteiger partial charge >= 0.3 is 0 Å². The standard InChI is InChI=1S/C15H24N2/c16-13-15-7-4-10-17(12-9-15)11-8-14-5-2-1-3-6-14/h1-3,5-6,15H,4,7-13,16H2. The molecule has 1 saturated heterocycles. The zero-order valence-corrected chi connectivity index (χ0v) is 10.6. The summed E-state index contributed by atoms with van der Waals surface area (Å²) in [5.74, 6) is 0.761. The molecule has 1 aliphatic rings. The molecular weight excluding hydrogens is 208 g/mol. The lowest BCUT2D eigenvalue weighted by atomic mass is 10.0. The number of likely N-dealkylation sites (tertiary alicyclic amines) is 1. The average Bonchev–Trinajstić information content (AvgIpc) is 2.62. The van der Waals surface area contributed by atoms with Crippen molar-refractivity contribution in [2.45, 2.75) is 25.7 Å². The van der Waals surface area contributed by atoms with E-state index in [9.17, 15) is 0 Å². The van der Waals surface area contributed by atoms with Crippen LogP contribution in [-0.4, -0.2) is 31.1 Å². The van der Waals surface area contributed by atoms with Crippen molar-refractivity contribution in [3.05, 3.63) is 35.9 Å². The number of benzene rings is 1. The molecule has 17 heavy (non-hydrogen) atoms. The van der Waals surface area contributed by atoms with E-state index >= 15 is 0 Å². The van der Waals surface area contributed by atoms with E-state index in [1.165, 1.54) is 50.9 Å². The molecule has 1 heterocycles. The maximum absolute atomic E-state index is 5.76. The van der Waals surface area contributed by atoms with Gasteiger partial charge in [0.15, 0.2) is 0 Å². The van der Waals surface area contributed by atoms with Crippen molar-refractivity contribution in [3.63, 3.8) is 0 Å². The fourth-order valence-electron chi connectivity index (χ4n) is 2.62. The van der Waals surface area contributed by atoms with E-state index in [-0.39, 0.29) is 0 Å². The van der Waals surface area contributed by atoms with Gasteiger partial charge < -0.3 is 10.6 Å². The van der Waals surface area contributed by atoms with Gasteiger partial charge in [-0.1, -0.05) is 30.3 Å². The Hall–Kier alpha value is -0.860. The first-order valence-electron chi connectivity index (χ1n) is 6.85. The van der Waals surface area contributed by atoms with Gasteiger partial charge in [-0.3, -0.25) is 0 Å². The van der Waals surface area contributed by atoms with Gasteiger partial charge in [0.25, 0.3) is 0 Å². The smallest absolute Gasteiger partial charge is 0.00218 e. The van der Waals surface area contributed by atoms with Crippen molar-refractivity contribution < 1.29 is 0 Å². The molecule has 0 amide bonds. The molecule has 2 rings (SSSR count). The highest BCUT2D eigenvalue weighted by atomic mass is 15.1. The molecule has 1 aromatic rings. The Bertz CT molecular complexity index is 310. The van der Waals surface area contributed by atoms with Crippen molar-refractivity contribution in [3.8, 4) is 0 Å². The number of hydrogen-bond donors (Lipinski definition) is 1. The Kier molecular flexibility index (Phi) is 5.02. The van der Waals surface area contributed by atoms with E-state index in [0.717, 1.165) is 12.5 Å². The molecule has 0 bridgehead atoms. The van der Waals surface area contributed by atoms with Crippen LogP contribution in [0.1, 0.15) is 24.8 Å². The van der Waals surface area contributed by atoms with E-state index in [1.54, 1.807) is 0 Å². The Labute approximate surface area is 105 Å². The summed E-state index contributed by atoms with van der Waals surface area (Å²) in [7, 11) is 0. The van der Waals surface area contributed by atoms with Crippen LogP contribution >= 0.6 is 0 Å². The largest absolute Gasteiger partial charge is 0.330 e. The van der Waals surface area contributed by atoms with Gasteiger partial charge in [0.05, 0.1) is 0 Å².